The van der Waals surface area contributed by atoms with E-state index in [4.69, 9.17) is 11.6 Å². The van der Waals surface area contributed by atoms with Crippen LogP contribution in [0.25, 0.3) is 11.4 Å². The Balaban J connectivity index is 1.71. The second-order valence-corrected chi connectivity index (χ2v) is 6.51. The molecule has 2 aromatic rings. The van der Waals surface area contributed by atoms with Crippen molar-refractivity contribution >= 4 is 11.6 Å². The maximum Gasteiger partial charge on any atom is 0.159 e. The highest BCUT2D eigenvalue weighted by Gasteiger charge is 2.21. The third-order valence-electron chi connectivity index (χ3n) is 4.56. The van der Waals surface area contributed by atoms with Crippen molar-refractivity contribution in [3.63, 3.8) is 0 Å². The van der Waals surface area contributed by atoms with E-state index in [1.807, 2.05) is 12.4 Å². The fourth-order valence-electron chi connectivity index (χ4n) is 3.25. The summed E-state index contributed by atoms with van der Waals surface area (Å²) in [5.74, 6) is 1.42. The van der Waals surface area contributed by atoms with Crippen LogP contribution in [0.1, 0.15) is 44.1 Å². The molecular formula is C19H20ClFN2. The first-order chi connectivity index (χ1) is 11.2. The lowest BCUT2D eigenvalue weighted by Crippen LogP contribution is -2.12. The lowest BCUT2D eigenvalue weighted by atomic mass is 9.79. The van der Waals surface area contributed by atoms with Crippen molar-refractivity contribution in [2.45, 2.75) is 38.5 Å². The molecular weight excluding hydrogens is 311 g/mol. The first-order valence-electron chi connectivity index (χ1n) is 8.07. The summed E-state index contributed by atoms with van der Waals surface area (Å²) in [6, 6.07) is 4.56. The van der Waals surface area contributed by atoms with Gasteiger partial charge < -0.3 is 0 Å². The number of hydrogen-bond donors (Lipinski definition) is 0. The molecule has 120 valence electrons. The Kier molecular flexibility index (Phi) is 5.06. The predicted molar refractivity (Wildman–Crippen MR) is 91.9 cm³/mol. The fourth-order valence-corrected chi connectivity index (χ4v) is 3.43. The predicted octanol–water partition coefficient (Wildman–Crippen LogP) is 5.79. The van der Waals surface area contributed by atoms with Gasteiger partial charge in [-0.15, -0.1) is 0 Å². The fraction of sp³-hybridized carbons (Fsp3) is 0.368. The molecule has 1 aliphatic rings. The van der Waals surface area contributed by atoms with Crippen LogP contribution in [0.15, 0.2) is 42.7 Å². The standard InChI is InChI=1S/C19H20ClFN2/c1-2-3-13-4-6-14(7-5-13)16-11-22-19(23-12-16)15-8-9-18(21)17(20)10-15/h2-3,8-14H,4-7H2,1H3/b3-2+/t13-,14-. The van der Waals surface area contributed by atoms with Crippen molar-refractivity contribution < 1.29 is 4.39 Å². The molecule has 1 saturated carbocycles. The van der Waals surface area contributed by atoms with E-state index in [0.717, 1.165) is 11.5 Å². The number of aromatic nitrogens is 2. The van der Waals surface area contributed by atoms with E-state index >= 15 is 0 Å². The number of halogens is 2. The molecule has 1 aromatic heterocycles. The van der Waals surface area contributed by atoms with Gasteiger partial charge in [0, 0.05) is 18.0 Å². The molecule has 1 heterocycles. The number of benzene rings is 1. The number of allylic oxidation sites excluding steroid dienone is 2. The van der Waals surface area contributed by atoms with Gasteiger partial charge in [-0.05, 0) is 68.2 Å². The summed E-state index contributed by atoms with van der Waals surface area (Å²) in [6.45, 7) is 2.08. The molecule has 0 atom stereocenters. The lowest BCUT2D eigenvalue weighted by Gasteiger charge is -2.26. The quantitative estimate of drug-likeness (QED) is 0.666. The summed E-state index contributed by atoms with van der Waals surface area (Å²) >= 11 is 5.82. The second kappa shape index (κ2) is 7.22. The molecule has 1 aliphatic carbocycles. The minimum Gasteiger partial charge on any atom is -0.236 e. The zero-order valence-corrected chi connectivity index (χ0v) is 13.9. The smallest absolute Gasteiger partial charge is 0.159 e. The molecule has 0 bridgehead atoms. The summed E-state index contributed by atoms with van der Waals surface area (Å²) < 4.78 is 13.2. The van der Waals surface area contributed by atoms with Crippen molar-refractivity contribution in [1.82, 2.24) is 9.97 Å². The van der Waals surface area contributed by atoms with Crippen molar-refractivity contribution in [3.05, 3.63) is 59.1 Å². The van der Waals surface area contributed by atoms with Gasteiger partial charge >= 0.3 is 0 Å². The van der Waals surface area contributed by atoms with Gasteiger partial charge in [-0.1, -0.05) is 23.8 Å². The Labute approximate surface area is 141 Å². The molecule has 0 N–H and O–H groups in total. The molecule has 1 fully saturated rings. The molecule has 1 aromatic carbocycles. The zero-order chi connectivity index (χ0) is 16.2. The molecule has 0 saturated heterocycles. The summed E-state index contributed by atoms with van der Waals surface area (Å²) in [7, 11) is 0. The van der Waals surface area contributed by atoms with E-state index in [1.165, 1.54) is 37.3 Å². The van der Waals surface area contributed by atoms with Gasteiger partial charge in [0.05, 0.1) is 5.02 Å². The summed E-state index contributed by atoms with van der Waals surface area (Å²) in [4.78, 5) is 8.89. The van der Waals surface area contributed by atoms with Crippen LogP contribution in [-0.2, 0) is 0 Å². The molecule has 0 amide bonds. The Morgan fingerprint density at radius 1 is 1.13 bits per heavy atom. The minimum atomic E-state index is -0.426. The molecule has 0 spiro atoms. The van der Waals surface area contributed by atoms with Gasteiger partial charge in [-0.2, -0.15) is 0 Å². The second-order valence-electron chi connectivity index (χ2n) is 6.11. The molecule has 0 radical (unpaired) electrons. The van der Waals surface area contributed by atoms with E-state index < -0.39 is 5.82 Å². The van der Waals surface area contributed by atoms with Crippen LogP contribution in [0.5, 0.6) is 0 Å². The van der Waals surface area contributed by atoms with E-state index in [2.05, 4.69) is 29.0 Å². The average molecular weight is 331 g/mol. The van der Waals surface area contributed by atoms with Gasteiger partial charge in [0.15, 0.2) is 5.82 Å². The maximum atomic E-state index is 13.2. The Morgan fingerprint density at radius 3 is 2.43 bits per heavy atom. The Morgan fingerprint density at radius 2 is 1.83 bits per heavy atom. The monoisotopic (exact) mass is 330 g/mol. The SMILES string of the molecule is C/C=C/[C@H]1CC[C@H](c2cnc(-c3ccc(F)c(Cl)c3)nc2)CC1. The topological polar surface area (TPSA) is 25.8 Å². The normalized spacial score (nSPS) is 21.7. The van der Waals surface area contributed by atoms with E-state index in [0.29, 0.717) is 11.7 Å². The number of nitrogens with zero attached hydrogens (tertiary/aromatic N) is 2. The largest absolute Gasteiger partial charge is 0.236 e. The third kappa shape index (κ3) is 3.78. The highest BCUT2D eigenvalue weighted by Crippen LogP contribution is 2.36. The molecule has 3 rings (SSSR count). The van der Waals surface area contributed by atoms with Gasteiger partial charge in [-0.25, -0.2) is 14.4 Å². The van der Waals surface area contributed by atoms with Gasteiger partial charge in [0.2, 0.25) is 0 Å². The van der Waals surface area contributed by atoms with Crippen LogP contribution in [0.2, 0.25) is 5.02 Å². The van der Waals surface area contributed by atoms with Crippen LogP contribution in [-0.4, -0.2) is 9.97 Å². The van der Waals surface area contributed by atoms with Crippen molar-refractivity contribution in [3.8, 4) is 11.4 Å². The van der Waals surface area contributed by atoms with Gasteiger partial charge in [0.1, 0.15) is 5.82 Å². The van der Waals surface area contributed by atoms with Crippen LogP contribution in [0.3, 0.4) is 0 Å². The number of rotatable bonds is 3. The third-order valence-corrected chi connectivity index (χ3v) is 4.85. The average Bonchev–Trinajstić information content (AvgIpc) is 2.59. The highest BCUT2D eigenvalue weighted by molar-refractivity contribution is 6.31. The van der Waals surface area contributed by atoms with Crippen LogP contribution < -0.4 is 0 Å². The van der Waals surface area contributed by atoms with Crippen LogP contribution >= 0.6 is 11.6 Å². The Hall–Kier alpha value is -1.74. The first kappa shape index (κ1) is 16.1. The highest BCUT2D eigenvalue weighted by atomic mass is 35.5. The van der Waals surface area contributed by atoms with E-state index in [-0.39, 0.29) is 5.02 Å². The molecule has 0 aliphatic heterocycles. The van der Waals surface area contributed by atoms with E-state index in [9.17, 15) is 4.39 Å². The minimum absolute atomic E-state index is 0.0949. The van der Waals surface area contributed by atoms with Crippen molar-refractivity contribution in [2.75, 3.05) is 0 Å². The summed E-state index contributed by atoms with van der Waals surface area (Å²) in [6.07, 6.45) is 13.1. The lowest BCUT2D eigenvalue weighted by molar-refractivity contribution is 0.375. The van der Waals surface area contributed by atoms with Crippen molar-refractivity contribution in [1.29, 1.82) is 0 Å². The first-order valence-corrected chi connectivity index (χ1v) is 8.45. The molecule has 2 nitrogen and oxygen atoms in total. The zero-order valence-electron chi connectivity index (χ0n) is 13.2. The van der Waals surface area contributed by atoms with Crippen LogP contribution in [0, 0.1) is 11.7 Å². The molecule has 23 heavy (non-hydrogen) atoms. The summed E-state index contributed by atoms with van der Waals surface area (Å²) in [5, 5.41) is 0.0949. The van der Waals surface area contributed by atoms with Gasteiger partial charge in [-0.3, -0.25) is 0 Å². The summed E-state index contributed by atoms with van der Waals surface area (Å²) in [5.41, 5.74) is 1.93. The molecule has 0 unspecified atom stereocenters. The maximum absolute atomic E-state index is 13.2. The Bertz CT molecular complexity index is 689. The van der Waals surface area contributed by atoms with Crippen LogP contribution in [0.4, 0.5) is 4.39 Å². The number of hydrogen-bond acceptors (Lipinski definition) is 2. The molecule has 4 heteroatoms. The van der Waals surface area contributed by atoms with E-state index in [1.54, 1.807) is 12.1 Å². The van der Waals surface area contributed by atoms with Crippen molar-refractivity contribution in [2.24, 2.45) is 5.92 Å². The van der Waals surface area contributed by atoms with Gasteiger partial charge in [0.25, 0.3) is 0 Å².